The maximum absolute atomic E-state index is 11.6. The van der Waals surface area contributed by atoms with E-state index in [0.29, 0.717) is 13.2 Å². The number of ether oxygens (including phenoxy) is 2. The Bertz CT molecular complexity index is 419. The van der Waals surface area contributed by atoms with Crippen molar-refractivity contribution < 1.29 is 14.3 Å². The first-order valence-electron chi connectivity index (χ1n) is 5.30. The average molecular weight is 257 g/mol. The highest BCUT2D eigenvalue weighted by Crippen LogP contribution is 2.22. The Morgan fingerprint density at radius 1 is 1.47 bits per heavy atom. The number of anilines is 1. The third-order valence-electron chi connectivity index (χ3n) is 2.57. The summed E-state index contributed by atoms with van der Waals surface area (Å²) < 4.78 is 9.97. The van der Waals surface area contributed by atoms with Crippen LogP contribution in [0.5, 0.6) is 0 Å². The second-order valence-corrected chi connectivity index (χ2v) is 3.98. The Kier molecular flexibility index (Phi) is 3.81. The van der Waals surface area contributed by atoms with E-state index in [1.54, 1.807) is 12.1 Å². The molecule has 1 saturated heterocycles. The molecule has 1 aliphatic rings. The molecule has 92 valence electrons. The van der Waals surface area contributed by atoms with E-state index >= 15 is 0 Å². The van der Waals surface area contributed by atoms with E-state index in [2.05, 4.69) is 4.98 Å². The van der Waals surface area contributed by atoms with Gasteiger partial charge >= 0.3 is 5.97 Å². The molecule has 1 fully saturated rings. The lowest BCUT2D eigenvalue weighted by Gasteiger charge is -2.29. The van der Waals surface area contributed by atoms with Gasteiger partial charge in [0.2, 0.25) is 0 Å². The Morgan fingerprint density at radius 2 is 2.18 bits per heavy atom. The number of pyridine rings is 1. The van der Waals surface area contributed by atoms with Gasteiger partial charge in [0, 0.05) is 13.1 Å². The molecule has 0 bridgehead atoms. The molecule has 5 nitrogen and oxygen atoms in total. The van der Waals surface area contributed by atoms with Gasteiger partial charge in [0.25, 0.3) is 0 Å². The van der Waals surface area contributed by atoms with E-state index in [1.807, 2.05) is 4.90 Å². The van der Waals surface area contributed by atoms with Crippen molar-refractivity contribution in [1.82, 2.24) is 4.98 Å². The molecular formula is C11H13ClN2O3. The molecule has 0 atom stereocenters. The number of carbonyl (C=O) groups excluding carboxylic acids is 1. The SMILES string of the molecule is COC(=O)c1nc(Cl)ccc1N1CCOCC1. The summed E-state index contributed by atoms with van der Waals surface area (Å²) in [5.41, 5.74) is 0.992. The highest BCUT2D eigenvalue weighted by Gasteiger charge is 2.20. The highest BCUT2D eigenvalue weighted by molar-refractivity contribution is 6.29. The fourth-order valence-electron chi connectivity index (χ4n) is 1.73. The standard InChI is InChI=1S/C11H13ClN2O3/c1-16-11(15)10-8(2-3-9(12)13-10)14-4-6-17-7-5-14/h2-3H,4-7H2,1H3. The summed E-state index contributed by atoms with van der Waals surface area (Å²) in [6, 6.07) is 3.45. The van der Waals surface area contributed by atoms with Gasteiger partial charge < -0.3 is 14.4 Å². The Balaban J connectivity index is 2.34. The van der Waals surface area contributed by atoms with Crippen LogP contribution in [-0.4, -0.2) is 44.4 Å². The van der Waals surface area contributed by atoms with Crippen LogP contribution in [0.4, 0.5) is 5.69 Å². The number of hydrogen-bond acceptors (Lipinski definition) is 5. The van der Waals surface area contributed by atoms with Crippen LogP contribution >= 0.6 is 11.6 Å². The Morgan fingerprint density at radius 3 is 2.82 bits per heavy atom. The molecule has 2 rings (SSSR count). The molecule has 0 N–H and O–H groups in total. The first-order chi connectivity index (χ1) is 8.22. The van der Waals surface area contributed by atoms with Gasteiger partial charge in [-0.25, -0.2) is 9.78 Å². The summed E-state index contributed by atoms with van der Waals surface area (Å²) >= 11 is 5.79. The van der Waals surface area contributed by atoms with Gasteiger partial charge in [-0.3, -0.25) is 0 Å². The third-order valence-corrected chi connectivity index (χ3v) is 2.78. The molecule has 0 radical (unpaired) electrons. The number of morpholine rings is 1. The van der Waals surface area contributed by atoms with Crippen molar-refractivity contribution in [3.63, 3.8) is 0 Å². The summed E-state index contributed by atoms with van der Waals surface area (Å²) in [7, 11) is 1.33. The molecule has 0 amide bonds. The predicted octanol–water partition coefficient (Wildman–Crippen LogP) is 1.36. The predicted molar refractivity (Wildman–Crippen MR) is 63.6 cm³/mol. The fourth-order valence-corrected chi connectivity index (χ4v) is 1.88. The van der Waals surface area contributed by atoms with Crippen molar-refractivity contribution in [2.45, 2.75) is 0 Å². The van der Waals surface area contributed by atoms with E-state index in [-0.39, 0.29) is 10.8 Å². The second-order valence-electron chi connectivity index (χ2n) is 3.59. The number of rotatable bonds is 2. The lowest BCUT2D eigenvalue weighted by molar-refractivity contribution is 0.0593. The van der Waals surface area contributed by atoms with Crippen LogP contribution < -0.4 is 4.90 Å². The summed E-state index contributed by atoms with van der Waals surface area (Å²) in [5.74, 6) is -0.478. The van der Waals surface area contributed by atoms with Crippen molar-refractivity contribution in [3.05, 3.63) is 23.0 Å². The first-order valence-corrected chi connectivity index (χ1v) is 5.67. The molecule has 17 heavy (non-hydrogen) atoms. The number of halogens is 1. The summed E-state index contributed by atoms with van der Waals surface area (Å²) in [6.45, 7) is 2.74. The van der Waals surface area contributed by atoms with Crippen LogP contribution in [0.25, 0.3) is 0 Å². The van der Waals surface area contributed by atoms with Crippen LogP contribution in [-0.2, 0) is 9.47 Å². The third kappa shape index (κ3) is 2.68. The van der Waals surface area contributed by atoms with Gasteiger partial charge in [0.15, 0.2) is 5.69 Å². The van der Waals surface area contributed by atoms with Crippen molar-refractivity contribution in [3.8, 4) is 0 Å². The zero-order valence-electron chi connectivity index (χ0n) is 9.48. The van der Waals surface area contributed by atoms with Gasteiger partial charge in [-0.1, -0.05) is 11.6 Å². The Hall–Kier alpha value is -1.33. The maximum atomic E-state index is 11.6. The van der Waals surface area contributed by atoms with E-state index in [0.717, 1.165) is 18.8 Å². The first kappa shape index (κ1) is 12.1. The lowest BCUT2D eigenvalue weighted by atomic mass is 10.2. The summed E-state index contributed by atoms with van der Waals surface area (Å²) in [4.78, 5) is 17.7. The van der Waals surface area contributed by atoms with Crippen molar-refractivity contribution in [1.29, 1.82) is 0 Å². The Labute approximate surface area is 104 Å². The van der Waals surface area contributed by atoms with Crippen molar-refractivity contribution >= 4 is 23.3 Å². The van der Waals surface area contributed by atoms with E-state index in [9.17, 15) is 4.79 Å². The average Bonchev–Trinajstić information content (AvgIpc) is 2.38. The maximum Gasteiger partial charge on any atom is 0.358 e. The van der Waals surface area contributed by atoms with E-state index < -0.39 is 5.97 Å². The number of esters is 1. The fraction of sp³-hybridized carbons (Fsp3) is 0.455. The monoisotopic (exact) mass is 256 g/mol. The molecule has 6 heteroatoms. The normalized spacial score (nSPS) is 15.8. The molecule has 2 heterocycles. The highest BCUT2D eigenvalue weighted by atomic mass is 35.5. The van der Waals surface area contributed by atoms with Crippen LogP contribution in [0.1, 0.15) is 10.5 Å². The molecule has 0 unspecified atom stereocenters. The molecular weight excluding hydrogens is 244 g/mol. The minimum atomic E-state index is -0.478. The van der Waals surface area contributed by atoms with E-state index in [4.69, 9.17) is 21.1 Å². The summed E-state index contributed by atoms with van der Waals surface area (Å²) in [5, 5.41) is 0.280. The van der Waals surface area contributed by atoms with Crippen molar-refractivity contribution in [2.75, 3.05) is 38.3 Å². The van der Waals surface area contributed by atoms with Crippen LogP contribution in [0.15, 0.2) is 12.1 Å². The molecule has 0 saturated carbocycles. The number of hydrogen-bond donors (Lipinski definition) is 0. The number of aromatic nitrogens is 1. The molecule has 1 aromatic heterocycles. The molecule has 0 aliphatic carbocycles. The van der Waals surface area contributed by atoms with Crippen molar-refractivity contribution in [2.24, 2.45) is 0 Å². The zero-order chi connectivity index (χ0) is 12.3. The smallest absolute Gasteiger partial charge is 0.358 e. The minimum Gasteiger partial charge on any atom is -0.464 e. The second kappa shape index (κ2) is 5.33. The van der Waals surface area contributed by atoms with Crippen LogP contribution in [0.3, 0.4) is 0 Å². The molecule has 1 aliphatic heterocycles. The number of carbonyl (C=O) groups is 1. The molecule has 1 aromatic rings. The minimum absolute atomic E-state index is 0.252. The van der Waals surface area contributed by atoms with E-state index in [1.165, 1.54) is 7.11 Å². The topological polar surface area (TPSA) is 51.7 Å². The lowest BCUT2D eigenvalue weighted by Crippen LogP contribution is -2.37. The molecule has 0 spiro atoms. The van der Waals surface area contributed by atoms with Crippen LogP contribution in [0.2, 0.25) is 5.15 Å². The van der Waals surface area contributed by atoms with Crippen LogP contribution in [0, 0.1) is 0 Å². The quantitative estimate of drug-likeness (QED) is 0.591. The van der Waals surface area contributed by atoms with Gasteiger partial charge in [-0.2, -0.15) is 0 Å². The van der Waals surface area contributed by atoms with Gasteiger partial charge in [-0.15, -0.1) is 0 Å². The van der Waals surface area contributed by atoms with Gasteiger partial charge in [-0.05, 0) is 12.1 Å². The summed E-state index contributed by atoms with van der Waals surface area (Å²) in [6.07, 6.45) is 0. The number of nitrogens with zero attached hydrogens (tertiary/aromatic N) is 2. The van der Waals surface area contributed by atoms with Gasteiger partial charge in [0.05, 0.1) is 26.0 Å². The zero-order valence-corrected chi connectivity index (χ0v) is 10.2. The largest absolute Gasteiger partial charge is 0.464 e. The van der Waals surface area contributed by atoms with Gasteiger partial charge in [0.1, 0.15) is 5.15 Å². The number of methoxy groups -OCH3 is 1. The molecule has 0 aromatic carbocycles.